The van der Waals surface area contributed by atoms with Crippen LogP contribution < -0.4 is 5.32 Å². The van der Waals surface area contributed by atoms with E-state index < -0.39 is 10.9 Å². The number of ether oxygens (including phenoxy) is 1. The first kappa shape index (κ1) is 18.3. The van der Waals surface area contributed by atoms with Crippen molar-refractivity contribution in [1.82, 2.24) is 0 Å². The van der Waals surface area contributed by atoms with Crippen molar-refractivity contribution in [3.8, 4) is 0 Å². The van der Waals surface area contributed by atoms with Gasteiger partial charge in [-0.3, -0.25) is 14.9 Å². The molecular formula is C19H14N2O5S. The Bertz CT molecular complexity index is 967. The molecular weight excluding hydrogens is 368 g/mol. The van der Waals surface area contributed by atoms with E-state index in [2.05, 4.69) is 5.32 Å². The topological polar surface area (TPSA) is 98.5 Å². The van der Waals surface area contributed by atoms with Crippen LogP contribution in [0.25, 0.3) is 0 Å². The Labute approximate surface area is 158 Å². The number of nitrogens with one attached hydrogen (secondary N) is 1. The van der Waals surface area contributed by atoms with Crippen molar-refractivity contribution >= 4 is 33.9 Å². The minimum atomic E-state index is -0.626. The number of para-hydroxylation sites is 1. The molecule has 2 aromatic carbocycles. The van der Waals surface area contributed by atoms with Gasteiger partial charge in [-0.1, -0.05) is 41.7 Å². The maximum absolute atomic E-state index is 12.2. The summed E-state index contributed by atoms with van der Waals surface area (Å²) in [6.45, 7) is 0.00507. The van der Waals surface area contributed by atoms with E-state index in [1.165, 1.54) is 12.1 Å². The highest BCUT2D eigenvalue weighted by atomic mass is 32.1. The molecule has 0 fully saturated rings. The highest BCUT2D eigenvalue weighted by molar-refractivity contribution is 7.17. The van der Waals surface area contributed by atoms with Crippen LogP contribution in [0.4, 0.5) is 10.7 Å². The van der Waals surface area contributed by atoms with E-state index in [-0.39, 0.29) is 22.4 Å². The lowest BCUT2D eigenvalue weighted by atomic mass is 10.1. The molecule has 136 valence electrons. The monoisotopic (exact) mass is 382 g/mol. The van der Waals surface area contributed by atoms with Crippen LogP contribution in [0.3, 0.4) is 0 Å². The van der Waals surface area contributed by atoms with E-state index in [0.717, 1.165) is 11.3 Å². The van der Waals surface area contributed by atoms with Crippen LogP contribution in [0.2, 0.25) is 0 Å². The van der Waals surface area contributed by atoms with Crippen molar-refractivity contribution in [2.45, 2.75) is 6.61 Å². The molecule has 0 aliphatic carbocycles. The fourth-order valence-electron chi connectivity index (χ4n) is 2.23. The fraction of sp³-hybridized carbons (Fsp3) is 0.0526. The fourth-order valence-corrected chi connectivity index (χ4v) is 2.95. The van der Waals surface area contributed by atoms with E-state index in [9.17, 15) is 19.7 Å². The zero-order valence-electron chi connectivity index (χ0n) is 14.0. The third kappa shape index (κ3) is 4.77. The first-order valence-electron chi connectivity index (χ1n) is 7.89. The van der Waals surface area contributed by atoms with Gasteiger partial charge in [0, 0.05) is 17.3 Å². The second kappa shape index (κ2) is 8.24. The predicted molar refractivity (Wildman–Crippen MR) is 101 cm³/mol. The van der Waals surface area contributed by atoms with Crippen LogP contribution in [0.5, 0.6) is 0 Å². The molecule has 1 heterocycles. The Morgan fingerprint density at radius 2 is 1.70 bits per heavy atom. The zero-order valence-corrected chi connectivity index (χ0v) is 14.8. The van der Waals surface area contributed by atoms with Gasteiger partial charge in [-0.2, -0.15) is 0 Å². The van der Waals surface area contributed by atoms with E-state index >= 15 is 0 Å². The summed E-state index contributed by atoms with van der Waals surface area (Å²) in [5.74, 6) is -0.866. The largest absolute Gasteiger partial charge is 0.457 e. The number of rotatable bonds is 6. The molecule has 0 aliphatic rings. The maximum atomic E-state index is 12.2. The predicted octanol–water partition coefficient (Wildman–Crippen LogP) is 4.27. The summed E-state index contributed by atoms with van der Waals surface area (Å²) in [6.07, 6.45) is 0. The molecule has 0 radical (unpaired) electrons. The first-order valence-corrected chi connectivity index (χ1v) is 8.71. The van der Waals surface area contributed by atoms with Gasteiger partial charge in [0.15, 0.2) is 0 Å². The van der Waals surface area contributed by atoms with Gasteiger partial charge >= 0.3 is 11.0 Å². The van der Waals surface area contributed by atoms with E-state index in [0.29, 0.717) is 16.8 Å². The summed E-state index contributed by atoms with van der Waals surface area (Å²) < 4.78 is 5.15. The van der Waals surface area contributed by atoms with Gasteiger partial charge < -0.3 is 10.1 Å². The Balaban J connectivity index is 1.56. The number of benzene rings is 2. The smallest absolute Gasteiger partial charge is 0.348 e. The standard InChI is InChI=1S/C19H14N2O5S/c22-18(20-15-4-2-1-3-5-15)14-8-6-13(7-9-14)12-26-19(23)16-10-11-17(27-16)21(24)25/h1-11H,12H2,(H,20,22). The minimum Gasteiger partial charge on any atom is -0.457 e. The zero-order chi connectivity index (χ0) is 19.2. The van der Waals surface area contributed by atoms with Crippen LogP contribution in [0.1, 0.15) is 25.6 Å². The van der Waals surface area contributed by atoms with E-state index in [4.69, 9.17) is 4.74 Å². The van der Waals surface area contributed by atoms with Crippen molar-refractivity contribution in [2.75, 3.05) is 5.32 Å². The van der Waals surface area contributed by atoms with Gasteiger partial charge in [0.1, 0.15) is 11.5 Å². The van der Waals surface area contributed by atoms with Gasteiger partial charge in [-0.15, -0.1) is 0 Å². The van der Waals surface area contributed by atoms with Crippen LogP contribution in [0, 0.1) is 10.1 Å². The SMILES string of the molecule is O=C(Nc1ccccc1)c1ccc(COC(=O)c2ccc([N+](=O)[O-])s2)cc1. The molecule has 3 rings (SSSR count). The minimum absolute atomic E-state index is 0.00507. The van der Waals surface area contributed by atoms with Crippen molar-refractivity contribution < 1.29 is 19.2 Å². The second-order valence-corrected chi connectivity index (χ2v) is 6.55. The molecule has 0 aliphatic heterocycles. The number of amides is 1. The number of thiophene rings is 1. The lowest BCUT2D eigenvalue weighted by molar-refractivity contribution is -0.380. The Kier molecular flexibility index (Phi) is 5.58. The lowest BCUT2D eigenvalue weighted by Gasteiger charge is -2.07. The average Bonchev–Trinajstić information content (AvgIpc) is 3.18. The number of hydrogen-bond donors (Lipinski definition) is 1. The molecule has 0 unspecified atom stereocenters. The second-order valence-electron chi connectivity index (χ2n) is 5.49. The molecule has 0 bridgehead atoms. The van der Waals surface area contributed by atoms with Gasteiger partial charge in [0.2, 0.25) is 0 Å². The quantitative estimate of drug-likeness (QED) is 0.390. The Hall–Kier alpha value is -3.52. The van der Waals surface area contributed by atoms with Gasteiger partial charge in [0.05, 0.1) is 4.92 Å². The van der Waals surface area contributed by atoms with Crippen LogP contribution >= 0.6 is 11.3 Å². The summed E-state index contributed by atoms with van der Waals surface area (Å²) in [4.78, 5) is 34.4. The van der Waals surface area contributed by atoms with Crippen molar-refractivity contribution in [2.24, 2.45) is 0 Å². The third-order valence-corrected chi connectivity index (χ3v) is 4.61. The average molecular weight is 382 g/mol. The molecule has 1 amide bonds. The lowest BCUT2D eigenvalue weighted by Crippen LogP contribution is -2.11. The van der Waals surface area contributed by atoms with Crippen molar-refractivity contribution in [3.05, 3.63) is 92.8 Å². The summed E-state index contributed by atoms with van der Waals surface area (Å²) in [5, 5.41) is 13.3. The normalized spacial score (nSPS) is 10.2. The summed E-state index contributed by atoms with van der Waals surface area (Å²) in [7, 11) is 0. The number of carbonyl (C=O) groups excluding carboxylic acids is 2. The number of nitro groups is 1. The number of nitrogens with zero attached hydrogens (tertiary/aromatic N) is 1. The molecule has 1 N–H and O–H groups in total. The summed E-state index contributed by atoms with van der Waals surface area (Å²) in [5.41, 5.74) is 1.87. The molecule has 0 saturated carbocycles. The number of carbonyl (C=O) groups is 2. The maximum Gasteiger partial charge on any atom is 0.348 e. The highest BCUT2D eigenvalue weighted by Gasteiger charge is 2.16. The van der Waals surface area contributed by atoms with Crippen LogP contribution in [-0.4, -0.2) is 16.8 Å². The Morgan fingerprint density at radius 3 is 2.33 bits per heavy atom. The molecule has 0 saturated heterocycles. The molecule has 0 atom stereocenters. The summed E-state index contributed by atoms with van der Waals surface area (Å²) in [6, 6.07) is 18.4. The van der Waals surface area contributed by atoms with E-state index in [1.54, 1.807) is 36.4 Å². The van der Waals surface area contributed by atoms with Gasteiger partial charge in [0.25, 0.3) is 5.91 Å². The number of esters is 1. The third-order valence-electron chi connectivity index (χ3n) is 3.59. The summed E-state index contributed by atoms with van der Waals surface area (Å²) >= 11 is 0.765. The van der Waals surface area contributed by atoms with Crippen molar-refractivity contribution in [1.29, 1.82) is 0 Å². The van der Waals surface area contributed by atoms with Crippen LogP contribution in [0.15, 0.2) is 66.7 Å². The first-order chi connectivity index (χ1) is 13.0. The number of hydrogen-bond acceptors (Lipinski definition) is 6. The highest BCUT2D eigenvalue weighted by Crippen LogP contribution is 2.24. The molecule has 1 aromatic heterocycles. The number of anilines is 1. The molecule has 8 heteroatoms. The molecule has 27 heavy (non-hydrogen) atoms. The van der Waals surface area contributed by atoms with Crippen LogP contribution in [-0.2, 0) is 11.3 Å². The van der Waals surface area contributed by atoms with Gasteiger partial charge in [-0.05, 0) is 35.9 Å². The van der Waals surface area contributed by atoms with Gasteiger partial charge in [-0.25, -0.2) is 4.79 Å². The molecule has 0 spiro atoms. The van der Waals surface area contributed by atoms with E-state index in [1.807, 2.05) is 18.2 Å². The molecule has 7 nitrogen and oxygen atoms in total. The Morgan fingerprint density at radius 1 is 1.00 bits per heavy atom. The molecule has 3 aromatic rings. The van der Waals surface area contributed by atoms with Crippen molar-refractivity contribution in [3.63, 3.8) is 0 Å².